The van der Waals surface area contributed by atoms with Crippen LogP contribution in [0.15, 0.2) is 36.5 Å². The molecule has 3 N–H and O–H groups in total. The molecular formula is C17H23N3O2S. The largest absolute Gasteiger partial charge is 0.396 e. The van der Waals surface area contributed by atoms with Crippen LogP contribution in [0.5, 0.6) is 0 Å². The number of rotatable bonds is 8. The average Bonchev–Trinajstić information content (AvgIpc) is 2.97. The first-order valence-corrected chi connectivity index (χ1v) is 8.59. The normalized spacial score (nSPS) is 11.9. The average molecular weight is 333 g/mol. The molecule has 0 aliphatic carbocycles. The zero-order valence-electron chi connectivity index (χ0n) is 13.3. The second-order valence-electron chi connectivity index (χ2n) is 5.37. The Balaban J connectivity index is 1.73. The van der Waals surface area contributed by atoms with Gasteiger partial charge in [-0.05, 0) is 18.9 Å². The quantitative estimate of drug-likeness (QED) is 0.695. The van der Waals surface area contributed by atoms with E-state index in [2.05, 4.69) is 15.6 Å². The molecule has 0 fully saturated rings. The summed E-state index contributed by atoms with van der Waals surface area (Å²) in [4.78, 5) is 17.3. The lowest BCUT2D eigenvalue weighted by atomic mass is 9.96. The molecule has 0 saturated carbocycles. The molecule has 2 rings (SSSR count). The highest BCUT2D eigenvalue weighted by Gasteiger charge is 2.12. The van der Waals surface area contributed by atoms with Gasteiger partial charge in [-0.2, -0.15) is 0 Å². The Hall–Kier alpha value is -1.92. The van der Waals surface area contributed by atoms with E-state index >= 15 is 0 Å². The molecule has 0 saturated heterocycles. The van der Waals surface area contributed by atoms with Crippen molar-refractivity contribution in [3.63, 3.8) is 0 Å². The van der Waals surface area contributed by atoms with Crippen molar-refractivity contribution in [3.05, 3.63) is 52.0 Å². The maximum Gasteiger partial charge on any atom is 0.314 e. The summed E-state index contributed by atoms with van der Waals surface area (Å²) in [6, 6.07) is 9.75. The summed E-state index contributed by atoms with van der Waals surface area (Å²) in [5.41, 5.74) is 1.13. The number of carbonyl (C=O) groups excluding carboxylic acids is 1. The summed E-state index contributed by atoms with van der Waals surface area (Å²) in [6.07, 6.45) is 3.22. The third-order valence-corrected chi connectivity index (χ3v) is 4.52. The van der Waals surface area contributed by atoms with E-state index in [0.29, 0.717) is 19.5 Å². The SMILES string of the molecule is Cc1cnc(CCNC(=O)NCC(CCO)c2ccccc2)s1. The molecule has 1 heterocycles. The zero-order chi connectivity index (χ0) is 16.5. The highest BCUT2D eigenvalue weighted by atomic mass is 32.1. The molecule has 0 aliphatic heterocycles. The number of nitrogens with one attached hydrogen (secondary N) is 2. The monoisotopic (exact) mass is 333 g/mol. The number of aromatic nitrogens is 1. The number of benzene rings is 1. The molecule has 6 heteroatoms. The van der Waals surface area contributed by atoms with Gasteiger partial charge in [-0.1, -0.05) is 30.3 Å². The van der Waals surface area contributed by atoms with Gasteiger partial charge in [0.05, 0.1) is 5.01 Å². The number of hydrogen-bond donors (Lipinski definition) is 3. The number of hydrogen-bond acceptors (Lipinski definition) is 4. The molecule has 0 radical (unpaired) electrons. The van der Waals surface area contributed by atoms with Crippen molar-refractivity contribution in [2.45, 2.75) is 25.7 Å². The molecule has 5 nitrogen and oxygen atoms in total. The van der Waals surface area contributed by atoms with E-state index in [1.165, 1.54) is 4.88 Å². The molecule has 0 aliphatic rings. The predicted molar refractivity (Wildman–Crippen MR) is 92.8 cm³/mol. The molecule has 124 valence electrons. The number of amides is 2. The molecule has 0 spiro atoms. The molecule has 2 aromatic rings. The third-order valence-electron chi connectivity index (χ3n) is 3.55. The number of aliphatic hydroxyl groups excluding tert-OH is 1. The van der Waals surface area contributed by atoms with Crippen molar-refractivity contribution in [1.82, 2.24) is 15.6 Å². The Labute approximate surface area is 140 Å². The van der Waals surface area contributed by atoms with E-state index in [-0.39, 0.29) is 18.6 Å². The first-order chi connectivity index (χ1) is 11.2. The lowest BCUT2D eigenvalue weighted by Gasteiger charge is -2.17. The van der Waals surface area contributed by atoms with E-state index in [1.807, 2.05) is 43.5 Å². The summed E-state index contributed by atoms with van der Waals surface area (Å²) in [5.74, 6) is 0.119. The van der Waals surface area contributed by atoms with Crippen LogP contribution in [0.4, 0.5) is 4.79 Å². The number of urea groups is 1. The van der Waals surface area contributed by atoms with Crippen molar-refractivity contribution in [2.24, 2.45) is 0 Å². The lowest BCUT2D eigenvalue weighted by Crippen LogP contribution is -2.38. The summed E-state index contributed by atoms with van der Waals surface area (Å²) in [7, 11) is 0. The van der Waals surface area contributed by atoms with Gasteiger partial charge in [0.1, 0.15) is 0 Å². The smallest absolute Gasteiger partial charge is 0.314 e. The Morgan fingerprint density at radius 2 is 2.09 bits per heavy atom. The number of thiazole rings is 1. The molecule has 1 unspecified atom stereocenters. The first kappa shape index (κ1) is 17.4. The Bertz CT molecular complexity index is 601. The molecule has 2 amide bonds. The Morgan fingerprint density at radius 3 is 2.74 bits per heavy atom. The van der Waals surface area contributed by atoms with Gasteiger partial charge >= 0.3 is 6.03 Å². The fraction of sp³-hybridized carbons (Fsp3) is 0.412. The van der Waals surface area contributed by atoms with Gasteiger partial charge in [-0.15, -0.1) is 11.3 Å². The van der Waals surface area contributed by atoms with E-state index in [4.69, 9.17) is 0 Å². The van der Waals surface area contributed by atoms with E-state index < -0.39 is 0 Å². The van der Waals surface area contributed by atoms with E-state index in [9.17, 15) is 9.90 Å². The van der Waals surface area contributed by atoms with Gasteiger partial charge < -0.3 is 15.7 Å². The van der Waals surface area contributed by atoms with E-state index in [0.717, 1.165) is 17.0 Å². The number of carbonyl (C=O) groups is 1. The van der Waals surface area contributed by atoms with Crippen LogP contribution < -0.4 is 10.6 Å². The minimum atomic E-state index is -0.183. The number of aryl methyl sites for hydroxylation is 1. The predicted octanol–water partition coefficient (Wildman–Crippen LogP) is 2.46. The molecule has 1 aromatic carbocycles. The van der Waals surface area contributed by atoms with Gasteiger partial charge in [-0.25, -0.2) is 9.78 Å². The lowest BCUT2D eigenvalue weighted by molar-refractivity contribution is 0.237. The van der Waals surface area contributed by atoms with Crippen molar-refractivity contribution < 1.29 is 9.90 Å². The summed E-state index contributed by atoms with van der Waals surface area (Å²) in [5, 5.41) is 16.0. The van der Waals surface area contributed by atoms with Gasteiger partial charge in [0.2, 0.25) is 0 Å². The van der Waals surface area contributed by atoms with Crippen molar-refractivity contribution >= 4 is 17.4 Å². The van der Waals surface area contributed by atoms with Gasteiger partial charge in [0.15, 0.2) is 0 Å². The second-order valence-corrected chi connectivity index (χ2v) is 6.69. The Kier molecular flexibility index (Phi) is 7.03. The van der Waals surface area contributed by atoms with Crippen LogP contribution in [0, 0.1) is 6.92 Å². The fourth-order valence-corrected chi connectivity index (χ4v) is 3.13. The topological polar surface area (TPSA) is 74.2 Å². The van der Waals surface area contributed by atoms with Crippen LogP contribution in [-0.2, 0) is 6.42 Å². The van der Waals surface area contributed by atoms with Crippen molar-refractivity contribution in [2.75, 3.05) is 19.7 Å². The summed E-state index contributed by atoms with van der Waals surface area (Å²) in [6.45, 7) is 3.19. The first-order valence-electron chi connectivity index (χ1n) is 7.78. The van der Waals surface area contributed by atoms with Gasteiger partial charge in [-0.3, -0.25) is 0 Å². The number of nitrogens with zero attached hydrogens (tertiary/aromatic N) is 1. The maximum atomic E-state index is 11.9. The minimum absolute atomic E-state index is 0.103. The van der Waals surface area contributed by atoms with Crippen LogP contribution >= 0.6 is 11.3 Å². The van der Waals surface area contributed by atoms with Crippen LogP contribution in [0.1, 0.15) is 27.8 Å². The summed E-state index contributed by atoms with van der Waals surface area (Å²) >= 11 is 1.65. The van der Waals surface area contributed by atoms with Crippen LogP contribution in [0.2, 0.25) is 0 Å². The van der Waals surface area contributed by atoms with Crippen LogP contribution in [0.3, 0.4) is 0 Å². The Morgan fingerprint density at radius 1 is 1.30 bits per heavy atom. The van der Waals surface area contributed by atoms with Crippen molar-refractivity contribution in [1.29, 1.82) is 0 Å². The third kappa shape index (κ3) is 6.00. The van der Waals surface area contributed by atoms with Crippen LogP contribution in [0.25, 0.3) is 0 Å². The van der Waals surface area contributed by atoms with E-state index in [1.54, 1.807) is 11.3 Å². The second kappa shape index (κ2) is 9.27. The summed E-state index contributed by atoms with van der Waals surface area (Å²) < 4.78 is 0. The number of aliphatic hydroxyl groups is 1. The molecule has 1 aromatic heterocycles. The highest BCUT2D eigenvalue weighted by molar-refractivity contribution is 7.11. The zero-order valence-corrected chi connectivity index (χ0v) is 14.1. The molecule has 0 bridgehead atoms. The minimum Gasteiger partial charge on any atom is -0.396 e. The molecular weight excluding hydrogens is 310 g/mol. The standard InChI is InChI=1S/C17H23N3O2S/c1-13-11-19-16(23-13)7-9-18-17(22)20-12-15(8-10-21)14-5-3-2-4-6-14/h2-6,11,15,21H,7-10,12H2,1H3,(H2,18,20,22). The maximum absolute atomic E-state index is 11.9. The highest BCUT2D eigenvalue weighted by Crippen LogP contribution is 2.18. The van der Waals surface area contributed by atoms with Gasteiger partial charge in [0.25, 0.3) is 0 Å². The van der Waals surface area contributed by atoms with Crippen molar-refractivity contribution in [3.8, 4) is 0 Å². The van der Waals surface area contributed by atoms with Gasteiger partial charge in [0, 0.05) is 43.1 Å². The fourth-order valence-electron chi connectivity index (χ4n) is 2.35. The molecule has 1 atom stereocenters. The van der Waals surface area contributed by atoms with Crippen LogP contribution in [-0.4, -0.2) is 35.8 Å². The molecule has 23 heavy (non-hydrogen) atoms.